The third-order valence-electron chi connectivity index (χ3n) is 2.60. The van der Waals surface area contributed by atoms with Crippen LogP contribution in [0.25, 0.3) is 0 Å². The van der Waals surface area contributed by atoms with E-state index < -0.39 is 0 Å². The molecule has 1 atom stereocenters. The zero-order valence-corrected chi connectivity index (χ0v) is 10.6. The number of unbranched alkanes of at least 4 members (excludes halogenated alkanes) is 1. The lowest BCUT2D eigenvalue weighted by atomic mass is 10.2. The van der Waals surface area contributed by atoms with E-state index in [1.807, 2.05) is 12.4 Å². The van der Waals surface area contributed by atoms with E-state index in [-0.39, 0.29) is 0 Å². The molecule has 1 N–H and O–H groups in total. The van der Waals surface area contributed by atoms with Crippen LogP contribution in [0.15, 0.2) is 12.4 Å². The summed E-state index contributed by atoms with van der Waals surface area (Å²) in [7, 11) is 1.73. The van der Waals surface area contributed by atoms with Gasteiger partial charge in [0.1, 0.15) is 0 Å². The molecule has 0 saturated heterocycles. The maximum atomic E-state index is 5.06. The number of imidazole rings is 1. The van der Waals surface area contributed by atoms with Crippen LogP contribution in [0, 0.1) is 0 Å². The van der Waals surface area contributed by atoms with Crippen LogP contribution in [0.3, 0.4) is 0 Å². The molecule has 0 aliphatic rings. The Balaban J connectivity index is 2.42. The number of nitrogens with one attached hydrogen (secondary N) is 1. The van der Waals surface area contributed by atoms with Crippen molar-refractivity contribution in [3.63, 3.8) is 0 Å². The second-order valence-electron chi connectivity index (χ2n) is 4.12. The molecular formula is C12H23N3O. The third-order valence-corrected chi connectivity index (χ3v) is 2.60. The highest BCUT2D eigenvalue weighted by atomic mass is 16.5. The molecule has 0 spiro atoms. The van der Waals surface area contributed by atoms with Crippen LogP contribution in [-0.2, 0) is 11.3 Å². The molecule has 0 amide bonds. The Hall–Kier alpha value is -1.03. The van der Waals surface area contributed by atoms with Crippen molar-refractivity contribution in [1.82, 2.24) is 9.55 Å². The van der Waals surface area contributed by atoms with Crippen LogP contribution >= 0.6 is 0 Å². The van der Waals surface area contributed by atoms with Crippen molar-refractivity contribution in [2.75, 3.05) is 19.0 Å². The molecule has 16 heavy (non-hydrogen) atoms. The van der Waals surface area contributed by atoms with Crippen molar-refractivity contribution < 1.29 is 4.74 Å². The van der Waals surface area contributed by atoms with Gasteiger partial charge in [0.2, 0.25) is 5.95 Å². The Labute approximate surface area is 98.0 Å². The zero-order valence-electron chi connectivity index (χ0n) is 10.6. The molecule has 0 aliphatic carbocycles. The van der Waals surface area contributed by atoms with Crippen molar-refractivity contribution in [2.24, 2.45) is 0 Å². The first-order valence-corrected chi connectivity index (χ1v) is 6.04. The average molecular weight is 225 g/mol. The molecule has 0 aliphatic heterocycles. The Morgan fingerprint density at radius 1 is 1.56 bits per heavy atom. The summed E-state index contributed by atoms with van der Waals surface area (Å²) < 4.78 is 7.23. The summed E-state index contributed by atoms with van der Waals surface area (Å²) in [5.74, 6) is 0.969. The molecule has 92 valence electrons. The lowest BCUT2D eigenvalue weighted by molar-refractivity contribution is 0.191. The second-order valence-corrected chi connectivity index (χ2v) is 4.12. The monoisotopic (exact) mass is 225 g/mol. The van der Waals surface area contributed by atoms with Crippen LogP contribution in [0.5, 0.6) is 0 Å². The van der Waals surface area contributed by atoms with Gasteiger partial charge in [-0.3, -0.25) is 0 Å². The zero-order chi connectivity index (χ0) is 11.8. The van der Waals surface area contributed by atoms with Gasteiger partial charge in [-0.15, -0.1) is 0 Å². The fourth-order valence-corrected chi connectivity index (χ4v) is 1.55. The molecule has 0 saturated carbocycles. The molecular weight excluding hydrogens is 202 g/mol. The summed E-state index contributed by atoms with van der Waals surface area (Å²) in [5, 5.41) is 3.41. The van der Waals surface area contributed by atoms with Gasteiger partial charge in [-0.1, -0.05) is 13.3 Å². The van der Waals surface area contributed by atoms with Gasteiger partial charge in [0.25, 0.3) is 0 Å². The number of anilines is 1. The van der Waals surface area contributed by atoms with Gasteiger partial charge in [-0.25, -0.2) is 4.98 Å². The van der Waals surface area contributed by atoms with E-state index >= 15 is 0 Å². The first-order valence-electron chi connectivity index (χ1n) is 6.04. The largest absolute Gasteiger partial charge is 0.385 e. The number of aromatic nitrogens is 2. The van der Waals surface area contributed by atoms with Gasteiger partial charge in [-0.2, -0.15) is 0 Å². The number of hydrogen-bond acceptors (Lipinski definition) is 3. The minimum atomic E-state index is 0.391. The lowest BCUT2D eigenvalue weighted by Crippen LogP contribution is -2.20. The predicted molar refractivity (Wildman–Crippen MR) is 66.7 cm³/mol. The number of nitrogens with zero attached hydrogens (tertiary/aromatic N) is 2. The minimum absolute atomic E-state index is 0.391. The van der Waals surface area contributed by atoms with Gasteiger partial charge < -0.3 is 14.6 Å². The first kappa shape index (κ1) is 13.0. The van der Waals surface area contributed by atoms with E-state index in [1.165, 1.54) is 12.8 Å². The highest BCUT2D eigenvalue weighted by Crippen LogP contribution is 2.09. The van der Waals surface area contributed by atoms with Gasteiger partial charge in [0.15, 0.2) is 0 Å². The standard InChI is InChI=1S/C12H23N3O/c1-4-5-8-15-9-7-13-12(15)14-11(2)6-10-16-3/h7,9,11H,4-6,8,10H2,1-3H3,(H,13,14). The van der Waals surface area contributed by atoms with Crippen LogP contribution in [0.1, 0.15) is 33.1 Å². The van der Waals surface area contributed by atoms with Crippen LogP contribution < -0.4 is 5.32 Å². The van der Waals surface area contributed by atoms with Gasteiger partial charge in [0, 0.05) is 38.7 Å². The maximum absolute atomic E-state index is 5.06. The number of rotatable bonds is 8. The highest BCUT2D eigenvalue weighted by Gasteiger charge is 2.06. The summed E-state index contributed by atoms with van der Waals surface area (Å²) in [5.41, 5.74) is 0. The van der Waals surface area contributed by atoms with Crippen molar-refractivity contribution in [1.29, 1.82) is 0 Å². The molecule has 0 bridgehead atoms. The fraction of sp³-hybridized carbons (Fsp3) is 0.750. The molecule has 4 nitrogen and oxygen atoms in total. The van der Waals surface area contributed by atoms with Crippen LogP contribution in [0.4, 0.5) is 5.95 Å². The van der Waals surface area contributed by atoms with E-state index in [0.29, 0.717) is 6.04 Å². The van der Waals surface area contributed by atoms with E-state index in [1.54, 1.807) is 7.11 Å². The normalized spacial score (nSPS) is 12.7. The summed E-state index contributed by atoms with van der Waals surface area (Å²) in [4.78, 5) is 4.33. The number of ether oxygens (including phenoxy) is 1. The third kappa shape index (κ3) is 4.23. The molecule has 0 aromatic carbocycles. The fourth-order valence-electron chi connectivity index (χ4n) is 1.55. The average Bonchev–Trinajstić information content (AvgIpc) is 2.71. The minimum Gasteiger partial charge on any atom is -0.385 e. The smallest absolute Gasteiger partial charge is 0.202 e. The van der Waals surface area contributed by atoms with Crippen molar-refractivity contribution in [2.45, 2.75) is 45.7 Å². The molecule has 0 fully saturated rings. The van der Waals surface area contributed by atoms with E-state index in [4.69, 9.17) is 4.74 Å². The number of hydrogen-bond donors (Lipinski definition) is 1. The Morgan fingerprint density at radius 2 is 2.38 bits per heavy atom. The van der Waals surface area contributed by atoms with Crippen molar-refractivity contribution in [3.8, 4) is 0 Å². The quantitative estimate of drug-likeness (QED) is 0.739. The molecule has 4 heteroatoms. The van der Waals surface area contributed by atoms with Crippen LogP contribution in [0.2, 0.25) is 0 Å². The van der Waals surface area contributed by atoms with Gasteiger partial charge in [-0.05, 0) is 19.8 Å². The van der Waals surface area contributed by atoms with Gasteiger partial charge >= 0.3 is 0 Å². The molecule has 1 aromatic heterocycles. The van der Waals surface area contributed by atoms with E-state index in [9.17, 15) is 0 Å². The van der Waals surface area contributed by atoms with Crippen LogP contribution in [-0.4, -0.2) is 29.3 Å². The molecule has 1 unspecified atom stereocenters. The van der Waals surface area contributed by atoms with Crippen molar-refractivity contribution >= 4 is 5.95 Å². The van der Waals surface area contributed by atoms with E-state index in [0.717, 1.165) is 25.5 Å². The summed E-state index contributed by atoms with van der Waals surface area (Å²) in [6.45, 7) is 6.17. The van der Waals surface area contributed by atoms with Crippen molar-refractivity contribution in [3.05, 3.63) is 12.4 Å². The summed E-state index contributed by atoms with van der Waals surface area (Å²) >= 11 is 0. The summed E-state index contributed by atoms with van der Waals surface area (Å²) in [6.07, 6.45) is 7.27. The van der Waals surface area contributed by atoms with Gasteiger partial charge in [0.05, 0.1) is 0 Å². The molecule has 0 radical (unpaired) electrons. The Bertz CT molecular complexity index is 286. The van der Waals surface area contributed by atoms with E-state index in [2.05, 4.69) is 28.7 Å². The Kier molecular flexibility index (Phi) is 5.93. The molecule has 1 aromatic rings. The number of aryl methyl sites for hydroxylation is 1. The summed E-state index contributed by atoms with van der Waals surface area (Å²) in [6, 6.07) is 0.391. The number of methoxy groups -OCH3 is 1. The maximum Gasteiger partial charge on any atom is 0.202 e. The molecule has 1 heterocycles. The Morgan fingerprint density at radius 3 is 3.06 bits per heavy atom. The highest BCUT2D eigenvalue weighted by molar-refractivity contribution is 5.27. The molecule has 1 rings (SSSR count). The second kappa shape index (κ2) is 7.28. The first-order chi connectivity index (χ1) is 7.77. The predicted octanol–water partition coefficient (Wildman–Crippen LogP) is 2.52. The topological polar surface area (TPSA) is 39.1 Å². The SMILES string of the molecule is CCCCn1ccnc1NC(C)CCOC. The lowest BCUT2D eigenvalue weighted by Gasteiger charge is -2.15.